The van der Waals surface area contributed by atoms with Crippen LogP contribution in [0.3, 0.4) is 0 Å². The van der Waals surface area contributed by atoms with Crippen LogP contribution in [0, 0.1) is 0 Å². The van der Waals surface area contributed by atoms with Crippen molar-refractivity contribution in [1.29, 1.82) is 0 Å². The van der Waals surface area contributed by atoms with Crippen molar-refractivity contribution in [1.82, 2.24) is 20.5 Å². The smallest absolute Gasteiger partial charge is 0.315 e. The summed E-state index contributed by atoms with van der Waals surface area (Å²) in [7, 11) is 6.00. The van der Waals surface area contributed by atoms with E-state index in [1.165, 1.54) is 5.56 Å². The lowest BCUT2D eigenvalue weighted by Crippen LogP contribution is -2.35. The molecule has 0 aliphatic carbocycles. The highest BCUT2D eigenvalue weighted by molar-refractivity contribution is 5.73. The minimum atomic E-state index is -0.176. The first-order chi connectivity index (χ1) is 12.9. The van der Waals surface area contributed by atoms with Gasteiger partial charge in [-0.3, -0.25) is 4.90 Å². The number of hydrogen-bond donors (Lipinski definition) is 2. The van der Waals surface area contributed by atoms with E-state index in [1.807, 2.05) is 43.3 Å². The van der Waals surface area contributed by atoms with Gasteiger partial charge < -0.3 is 15.5 Å². The second kappa shape index (κ2) is 9.92. The zero-order valence-corrected chi connectivity index (χ0v) is 17.0. The number of nitrogens with one attached hydrogen (secondary N) is 2. The van der Waals surface area contributed by atoms with Crippen LogP contribution in [-0.2, 0) is 19.6 Å². The molecule has 6 nitrogen and oxygen atoms in total. The molecule has 0 saturated heterocycles. The van der Waals surface area contributed by atoms with Gasteiger partial charge in [0.15, 0.2) is 0 Å². The number of benzene rings is 1. The third-order valence-electron chi connectivity index (χ3n) is 4.58. The minimum absolute atomic E-state index is 0.176. The maximum Gasteiger partial charge on any atom is 0.315 e. The molecule has 0 aliphatic rings. The van der Waals surface area contributed by atoms with Crippen LogP contribution in [0.15, 0.2) is 42.6 Å². The van der Waals surface area contributed by atoms with Crippen molar-refractivity contribution in [2.45, 2.75) is 39.5 Å². The van der Waals surface area contributed by atoms with E-state index in [1.54, 1.807) is 6.20 Å². The highest BCUT2D eigenvalue weighted by Crippen LogP contribution is 2.13. The van der Waals surface area contributed by atoms with E-state index in [0.717, 1.165) is 23.5 Å². The first-order valence-electron chi connectivity index (χ1n) is 9.27. The molecule has 0 saturated carbocycles. The van der Waals surface area contributed by atoms with Gasteiger partial charge in [-0.2, -0.15) is 0 Å². The van der Waals surface area contributed by atoms with Gasteiger partial charge in [0.2, 0.25) is 0 Å². The Labute approximate surface area is 162 Å². The maximum absolute atomic E-state index is 12.2. The maximum atomic E-state index is 12.2. The monoisotopic (exact) mass is 369 g/mol. The molecule has 6 heteroatoms. The second-order valence-electron chi connectivity index (χ2n) is 7.23. The molecule has 27 heavy (non-hydrogen) atoms. The van der Waals surface area contributed by atoms with E-state index in [0.29, 0.717) is 19.1 Å². The van der Waals surface area contributed by atoms with E-state index in [9.17, 15) is 4.79 Å². The summed E-state index contributed by atoms with van der Waals surface area (Å²) in [5.74, 6) is 0.873. The summed E-state index contributed by atoms with van der Waals surface area (Å²) in [6.07, 6.45) is 1.76. The van der Waals surface area contributed by atoms with Crippen LogP contribution in [0.5, 0.6) is 0 Å². The standard InChI is InChI=1S/C21H31N5O/c1-16(2)26(5)15-19-9-7-6-8-18(19)14-24-21(27)23-13-17-10-11-22-20(12-17)25(3)4/h6-12,16H,13-15H2,1-5H3,(H2,23,24,27). The first kappa shape index (κ1) is 20.7. The second-order valence-corrected chi connectivity index (χ2v) is 7.23. The summed E-state index contributed by atoms with van der Waals surface area (Å²) in [5.41, 5.74) is 3.39. The molecule has 0 bridgehead atoms. The number of pyridine rings is 1. The Kier molecular flexibility index (Phi) is 7.61. The molecule has 0 radical (unpaired) electrons. The van der Waals surface area contributed by atoms with Crippen molar-refractivity contribution in [2.75, 3.05) is 26.0 Å². The molecular weight excluding hydrogens is 338 g/mol. The van der Waals surface area contributed by atoms with Crippen LogP contribution < -0.4 is 15.5 Å². The summed E-state index contributed by atoms with van der Waals surface area (Å²) in [4.78, 5) is 20.7. The van der Waals surface area contributed by atoms with E-state index < -0.39 is 0 Å². The van der Waals surface area contributed by atoms with E-state index in [2.05, 4.69) is 53.5 Å². The van der Waals surface area contributed by atoms with Crippen LogP contribution in [-0.4, -0.2) is 43.1 Å². The molecule has 2 aromatic rings. The lowest BCUT2D eigenvalue weighted by Gasteiger charge is -2.22. The normalized spacial score (nSPS) is 10.9. The Morgan fingerprint density at radius 1 is 1.04 bits per heavy atom. The SMILES string of the molecule is CC(C)N(C)Cc1ccccc1CNC(=O)NCc1ccnc(N(C)C)c1. The summed E-state index contributed by atoms with van der Waals surface area (Å²) >= 11 is 0. The predicted octanol–water partition coefficient (Wildman–Crippen LogP) is 2.99. The fourth-order valence-corrected chi connectivity index (χ4v) is 2.57. The van der Waals surface area contributed by atoms with Crippen LogP contribution in [0.25, 0.3) is 0 Å². The Hall–Kier alpha value is -2.60. The average molecular weight is 370 g/mol. The highest BCUT2D eigenvalue weighted by Gasteiger charge is 2.09. The van der Waals surface area contributed by atoms with Crippen molar-refractivity contribution in [3.05, 3.63) is 59.3 Å². The number of urea groups is 1. The van der Waals surface area contributed by atoms with Gasteiger partial charge in [-0.15, -0.1) is 0 Å². The van der Waals surface area contributed by atoms with Gasteiger partial charge >= 0.3 is 6.03 Å². The van der Waals surface area contributed by atoms with Gasteiger partial charge in [0.05, 0.1) is 0 Å². The largest absolute Gasteiger partial charge is 0.363 e. The highest BCUT2D eigenvalue weighted by atomic mass is 16.2. The van der Waals surface area contributed by atoms with Crippen molar-refractivity contribution in [3.8, 4) is 0 Å². The fraction of sp³-hybridized carbons (Fsp3) is 0.429. The van der Waals surface area contributed by atoms with Crippen molar-refractivity contribution in [2.24, 2.45) is 0 Å². The van der Waals surface area contributed by atoms with Crippen molar-refractivity contribution < 1.29 is 4.79 Å². The molecule has 2 rings (SSSR count). The van der Waals surface area contributed by atoms with Crippen LogP contribution in [0.2, 0.25) is 0 Å². The Morgan fingerprint density at radius 3 is 2.37 bits per heavy atom. The quantitative estimate of drug-likeness (QED) is 0.751. The molecule has 0 spiro atoms. The summed E-state index contributed by atoms with van der Waals surface area (Å²) < 4.78 is 0. The first-order valence-corrected chi connectivity index (χ1v) is 9.27. The molecule has 2 amide bonds. The number of anilines is 1. The van der Waals surface area contributed by atoms with Crippen LogP contribution in [0.1, 0.15) is 30.5 Å². The molecule has 0 fully saturated rings. The van der Waals surface area contributed by atoms with Gasteiger partial charge in [-0.05, 0) is 49.7 Å². The third kappa shape index (κ3) is 6.57. The summed E-state index contributed by atoms with van der Waals surface area (Å²) in [6, 6.07) is 12.4. The van der Waals surface area contributed by atoms with Crippen molar-refractivity contribution >= 4 is 11.8 Å². The van der Waals surface area contributed by atoms with Crippen LogP contribution >= 0.6 is 0 Å². The third-order valence-corrected chi connectivity index (χ3v) is 4.58. The predicted molar refractivity (Wildman–Crippen MR) is 111 cm³/mol. The average Bonchev–Trinajstić information content (AvgIpc) is 2.65. The molecule has 146 valence electrons. The van der Waals surface area contributed by atoms with E-state index in [-0.39, 0.29) is 6.03 Å². The molecule has 1 aromatic heterocycles. The van der Waals surface area contributed by atoms with Gasteiger partial charge in [0.1, 0.15) is 5.82 Å². The van der Waals surface area contributed by atoms with E-state index >= 15 is 0 Å². The number of aromatic nitrogens is 1. The number of amides is 2. The number of carbonyl (C=O) groups excluding carboxylic acids is 1. The number of nitrogens with zero attached hydrogens (tertiary/aromatic N) is 3. The zero-order valence-electron chi connectivity index (χ0n) is 17.0. The van der Waals surface area contributed by atoms with Crippen molar-refractivity contribution in [3.63, 3.8) is 0 Å². The molecule has 1 aromatic carbocycles. The lowest BCUT2D eigenvalue weighted by atomic mass is 10.1. The van der Waals surface area contributed by atoms with Gasteiger partial charge in [-0.25, -0.2) is 9.78 Å². The summed E-state index contributed by atoms with van der Waals surface area (Å²) in [6.45, 7) is 6.19. The zero-order chi connectivity index (χ0) is 19.8. The molecule has 1 heterocycles. The van der Waals surface area contributed by atoms with E-state index in [4.69, 9.17) is 0 Å². The Morgan fingerprint density at radius 2 is 1.70 bits per heavy atom. The number of hydrogen-bond acceptors (Lipinski definition) is 4. The molecular formula is C21H31N5O. The molecule has 0 atom stereocenters. The van der Waals surface area contributed by atoms with Gasteiger partial charge in [0, 0.05) is 46.0 Å². The van der Waals surface area contributed by atoms with Gasteiger partial charge in [0.25, 0.3) is 0 Å². The molecule has 0 aliphatic heterocycles. The van der Waals surface area contributed by atoms with Gasteiger partial charge in [-0.1, -0.05) is 24.3 Å². The topological polar surface area (TPSA) is 60.5 Å². The Bertz CT molecular complexity index is 745. The molecule has 2 N–H and O–H groups in total. The number of rotatable bonds is 8. The number of carbonyl (C=O) groups is 1. The van der Waals surface area contributed by atoms with Crippen LogP contribution in [0.4, 0.5) is 10.6 Å². The Balaban J connectivity index is 1.88. The summed E-state index contributed by atoms with van der Waals surface area (Å²) in [5, 5.41) is 5.86. The fourth-order valence-electron chi connectivity index (χ4n) is 2.57. The minimum Gasteiger partial charge on any atom is -0.363 e. The lowest BCUT2D eigenvalue weighted by molar-refractivity contribution is 0.240. The molecule has 0 unspecified atom stereocenters.